The van der Waals surface area contributed by atoms with Gasteiger partial charge in [-0.25, -0.2) is 4.39 Å². The van der Waals surface area contributed by atoms with Crippen molar-refractivity contribution in [1.29, 1.82) is 0 Å². The van der Waals surface area contributed by atoms with Crippen LogP contribution in [0.4, 0.5) is 10.1 Å². The van der Waals surface area contributed by atoms with Gasteiger partial charge < -0.3 is 4.57 Å². The Morgan fingerprint density at radius 2 is 1.87 bits per heavy atom. The third kappa shape index (κ3) is 2.78. The van der Waals surface area contributed by atoms with E-state index in [0.29, 0.717) is 11.4 Å². The molecule has 2 amide bonds. The van der Waals surface area contributed by atoms with Gasteiger partial charge in [0, 0.05) is 18.9 Å². The highest BCUT2D eigenvalue weighted by Gasteiger charge is 2.34. The van der Waals surface area contributed by atoms with Gasteiger partial charge in [0.1, 0.15) is 11.4 Å². The minimum Gasteiger partial charge on any atom is -0.351 e. The van der Waals surface area contributed by atoms with Crippen LogP contribution >= 0.6 is 12.2 Å². The average molecular weight is 329 g/mol. The third-order valence-electron chi connectivity index (χ3n) is 3.46. The highest BCUT2D eigenvalue weighted by atomic mass is 32.1. The number of nitrogens with zero attached hydrogens (tertiary/aromatic N) is 2. The van der Waals surface area contributed by atoms with E-state index >= 15 is 0 Å². The number of aromatic nitrogens is 1. The molecule has 1 aliphatic heterocycles. The third-order valence-corrected chi connectivity index (χ3v) is 3.75. The van der Waals surface area contributed by atoms with E-state index in [4.69, 9.17) is 12.2 Å². The molecule has 2 heterocycles. The van der Waals surface area contributed by atoms with Crippen LogP contribution in [0.5, 0.6) is 0 Å². The SMILES string of the molecule is Cn1cccc1/C=C1\C(=O)NC(=S)N(c2ccc(F)cc2)C1=O. The largest absolute Gasteiger partial charge is 0.351 e. The number of thiocarbonyl (C=S) groups is 1. The summed E-state index contributed by atoms with van der Waals surface area (Å²) < 4.78 is 14.8. The lowest BCUT2D eigenvalue weighted by molar-refractivity contribution is -0.122. The zero-order chi connectivity index (χ0) is 16.6. The van der Waals surface area contributed by atoms with E-state index in [2.05, 4.69) is 5.32 Å². The van der Waals surface area contributed by atoms with Crippen molar-refractivity contribution in [3.05, 3.63) is 59.7 Å². The van der Waals surface area contributed by atoms with Gasteiger partial charge >= 0.3 is 0 Å². The number of anilines is 1. The average Bonchev–Trinajstić information content (AvgIpc) is 2.90. The van der Waals surface area contributed by atoms with Gasteiger partial charge in [-0.3, -0.25) is 19.8 Å². The molecule has 0 unspecified atom stereocenters. The molecule has 1 fully saturated rings. The lowest BCUT2D eigenvalue weighted by Crippen LogP contribution is -2.54. The lowest BCUT2D eigenvalue weighted by Gasteiger charge is -2.28. The molecule has 2 aromatic rings. The summed E-state index contributed by atoms with van der Waals surface area (Å²) in [6, 6.07) is 8.89. The summed E-state index contributed by atoms with van der Waals surface area (Å²) in [6.45, 7) is 0. The maximum Gasteiger partial charge on any atom is 0.270 e. The molecule has 5 nitrogen and oxygen atoms in total. The molecule has 1 aromatic carbocycles. The molecule has 116 valence electrons. The lowest BCUT2D eigenvalue weighted by atomic mass is 10.1. The number of amides is 2. The van der Waals surface area contributed by atoms with Crippen molar-refractivity contribution in [1.82, 2.24) is 9.88 Å². The molecule has 0 spiro atoms. The van der Waals surface area contributed by atoms with Crippen LogP contribution in [0, 0.1) is 5.82 Å². The van der Waals surface area contributed by atoms with Crippen LogP contribution in [-0.2, 0) is 16.6 Å². The van der Waals surface area contributed by atoms with Gasteiger partial charge in [0.25, 0.3) is 11.8 Å². The van der Waals surface area contributed by atoms with Crippen LogP contribution < -0.4 is 10.2 Å². The quantitative estimate of drug-likeness (QED) is 0.521. The Morgan fingerprint density at radius 3 is 2.48 bits per heavy atom. The monoisotopic (exact) mass is 329 g/mol. The molecule has 0 aliphatic carbocycles. The number of benzene rings is 1. The molecule has 0 bridgehead atoms. The van der Waals surface area contributed by atoms with Gasteiger partial charge in [0.2, 0.25) is 0 Å². The summed E-state index contributed by atoms with van der Waals surface area (Å²) >= 11 is 5.07. The second-order valence-electron chi connectivity index (χ2n) is 4.98. The van der Waals surface area contributed by atoms with Crippen molar-refractivity contribution in [2.45, 2.75) is 0 Å². The number of aryl methyl sites for hydroxylation is 1. The van der Waals surface area contributed by atoms with E-state index in [1.54, 1.807) is 29.9 Å². The Labute approximate surface area is 137 Å². The van der Waals surface area contributed by atoms with Gasteiger partial charge in [-0.1, -0.05) is 0 Å². The first kappa shape index (κ1) is 15.1. The van der Waals surface area contributed by atoms with E-state index in [1.807, 2.05) is 0 Å². The predicted octanol–water partition coefficient (Wildman–Crippen LogP) is 2.00. The first-order valence-electron chi connectivity index (χ1n) is 6.76. The van der Waals surface area contributed by atoms with Crippen LogP contribution in [0.15, 0.2) is 48.2 Å². The molecule has 23 heavy (non-hydrogen) atoms. The molecule has 0 saturated carbocycles. The second kappa shape index (κ2) is 5.77. The van der Waals surface area contributed by atoms with Crippen molar-refractivity contribution < 1.29 is 14.0 Å². The molecule has 0 radical (unpaired) electrons. The first-order valence-corrected chi connectivity index (χ1v) is 7.16. The number of halogens is 1. The maximum atomic E-state index is 13.1. The van der Waals surface area contributed by atoms with Crippen molar-refractivity contribution in [3.8, 4) is 0 Å². The van der Waals surface area contributed by atoms with Crippen LogP contribution in [0.25, 0.3) is 6.08 Å². The summed E-state index contributed by atoms with van der Waals surface area (Å²) in [7, 11) is 1.81. The Bertz CT molecular complexity index is 839. The molecule has 7 heteroatoms. The summed E-state index contributed by atoms with van der Waals surface area (Å²) in [4.78, 5) is 25.9. The normalized spacial score (nSPS) is 16.9. The number of nitrogens with one attached hydrogen (secondary N) is 1. The van der Waals surface area contributed by atoms with Gasteiger partial charge in [0.15, 0.2) is 5.11 Å². The van der Waals surface area contributed by atoms with E-state index in [0.717, 1.165) is 0 Å². The maximum absolute atomic E-state index is 13.1. The van der Waals surface area contributed by atoms with Crippen LogP contribution in [0.3, 0.4) is 0 Å². The van der Waals surface area contributed by atoms with E-state index < -0.39 is 17.6 Å². The van der Waals surface area contributed by atoms with Crippen molar-refractivity contribution in [2.24, 2.45) is 7.05 Å². The Hall–Kier alpha value is -2.80. The van der Waals surface area contributed by atoms with E-state index in [-0.39, 0.29) is 10.7 Å². The summed E-state index contributed by atoms with van der Waals surface area (Å²) in [5.41, 5.74) is 1.05. The summed E-state index contributed by atoms with van der Waals surface area (Å²) in [5, 5.41) is 2.45. The predicted molar refractivity (Wildman–Crippen MR) is 88.0 cm³/mol. The standard InChI is InChI=1S/C16H12FN3O2S/c1-19-8-2-3-12(19)9-13-14(21)18-16(23)20(15(13)22)11-6-4-10(17)5-7-11/h2-9H,1H3,(H,18,21,23)/b13-9+. The molecule has 1 saturated heterocycles. The number of carbonyl (C=O) groups excluding carboxylic acids is 2. The second-order valence-corrected chi connectivity index (χ2v) is 5.36. The van der Waals surface area contributed by atoms with Crippen molar-refractivity contribution >= 4 is 40.9 Å². The highest BCUT2D eigenvalue weighted by Crippen LogP contribution is 2.22. The van der Waals surface area contributed by atoms with Gasteiger partial charge in [-0.15, -0.1) is 0 Å². The molecule has 3 rings (SSSR count). The van der Waals surface area contributed by atoms with Crippen LogP contribution in [0.2, 0.25) is 0 Å². The number of carbonyl (C=O) groups is 2. The molecular weight excluding hydrogens is 317 g/mol. The van der Waals surface area contributed by atoms with E-state index in [1.165, 1.54) is 35.2 Å². The zero-order valence-corrected chi connectivity index (χ0v) is 12.9. The van der Waals surface area contributed by atoms with Crippen molar-refractivity contribution in [2.75, 3.05) is 4.90 Å². The Kier molecular flexibility index (Phi) is 3.79. The Morgan fingerprint density at radius 1 is 1.17 bits per heavy atom. The minimum absolute atomic E-state index is 0.0318. The molecule has 1 aliphatic rings. The minimum atomic E-state index is -0.556. The summed E-state index contributed by atoms with van der Waals surface area (Å²) in [6.07, 6.45) is 3.30. The summed E-state index contributed by atoms with van der Waals surface area (Å²) in [5.74, 6) is -1.53. The first-order chi connectivity index (χ1) is 11.0. The van der Waals surface area contributed by atoms with Gasteiger partial charge in [0.05, 0.1) is 5.69 Å². The smallest absolute Gasteiger partial charge is 0.270 e. The van der Waals surface area contributed by atoms with Crippen LogP contribution in [-0.4, -0.2) is 21.5 Å². The van der Waals surface area contributed by atoms with Crippen molar-refractivity contribution in [3.63, 3.8) is 0 Å². The Balaban J connectivity index is 2.02. The van der Waals surface area contributed by atoms with E-state index in [9.17, 15) is 14.0 Å². The number of hydrogen-bond donors (Lipinski definition) is 1. The molecule has 1 aromatic heterocycles. The number of hydrogen-bond acceptors (Lipinski definition) is 3. The fraction of sp³-hybridized carbons (Fsp3) is 0.0625. The molecular formula is C16H12FN3O2S. The number of rotatable bonds is 2. The van der Waals surface area contributed by atoms with Crippen LogP contribution in [0.1, 0.15) is 5.69 Å². The van der Waals surface area contributed by atoms with Gasteiger partial charge in [-0.2, -0.15) is 0 Å². The fourth-order valence-corrected chi connectivity index (χ4v) is 2.54. The van der Waals surface area contributed by atoms with Gasteiger partial charge in [-0.05, 0) is 54.7 Å². The highest BCUT2D eigenvalue weighted by molar-refractivity contribution is 7.80. The topological polar surface area (TPSA) is 54.3 Å². The fourth-order valence-electron chi connectivity index (χ4n) is 2.25. The molecule has 1 N–H and O–H groups in total. The molecule has 0 atom stereocenters. The zero-order valence-electron chi connectivity index (χ0n) is 12.1.